The molecule has 0 radical (unpaired) electrons. The topological polar surface area (TPSA) is 104 Å². The molecule has 0 aliphatic heterocycles. The quantitative estimate of drug-likeness (QED) is 0.147. The second kappa shape index (κ2) is 13.0. The molecule has 0 heterocycles. The van der Waals surface area contributed by atoms with E-state index in [0.717, 1.165) is 0 Å². The van der Waals surface area contributed by atoms with E-state index in [1.165, 1.54) is 24.3 Å². The first-order valence-corrected chi connectivity index (χ1v) is 22.3. The number of carboxylic acid groups (broad SMARTS) is 1. The second-order valence-electron chi connectivity index (χ2n) is 9.91. The summed E-state index contributed by atoms with van der Waals surface area (Å²) in [6.07, 6.45) is 0. The summed E-state index contributed by atoms with van der Waals surface area (Å²) in [5.41, 5.74) is 0.108. The van der Waals surface area contributed by atoms with Crippen LogP contribution in [-0.4, -0.2) is 63.7 Å². The Morgan fingerprint density at radius 3 is 1.13 bits per heavy atom. The number of nitrogens with zero attached hydrogens (tertiary/aromatic N) is 1. The summed E-state index contributed by atoms with van der Waals surface area (Å²) >= 11 is -6.50. The van der Waals surface area contributed by atoms with Crippen LogP contribution in [0.5, 0.6) is 23.0 Å². The molecule has 1 N–H and O–H groups in total. The van der Waals surface area contributed by atoms with Gasteiger partial charge in [-0.15, -0.1) is 0 Å². The minimum absolute atomic E-state index is 0.0286. The molecule has 0 atom stereocenters. The first-order valence-electron chi connectivity index (χ1n) is 13.9. The number of benzene rings is 5. The summed E-state index contributed by atoms with van der Waals surface area (Å²) in [5.74, 6) is 0.784. The van der Waals surface area contributed by atoms with Crippen LogP contribution < -0.4 is 32.0 Å². The zero-order valence-corrected chi connectivity index (χ0v) is 28.7. The van der Waals surface area contributed by atoms with Gasteiger partial charge in [-0.2, -0.15) is 0 Å². The molecule has 0 aliphatic rings. The molecule has 0 amide bonds. The maximum atomic E-state index is 14.7. The van der Waals surface area contributed by atoms with Crippen molar-refractivity contribution in [3.63, 3.8) is 0 Å². The van der Waals surface area contributed by atoms with Crippen LogP contribution in [0.4, 0.5) is 5.69 Å². The number of ether oxygens (including phenoxy) is 4. The van der Waals surface area contributed by atoms with E-state index in [1.807, 2.05) is 97.1 Å². The molecule has 5 aromatic carbocycles. The zero-order valence-electron chi connectivity index (χ0n) is 25.2. The van der Waals surface area contributed by atoms with Crippen LogP contribution in [0.25, 0.3) is 0 Å². The third kappa shape index (κ3) is 5.05. The Kier molecular flexibility index (Phi) is 9.07. The molecule has 45 heavy (non-hydrogen) atoms. The molecular formula is C35H33BiNO8+. The molecule has 0 spiro atoms. The molecule has 0 bridgehead atoms. The van der Waals surface area contributed by atoms with E-state index in [2.05, 4.69) is 0 Å². The molecule has 5 rings (SSSR count). The fourth-order valence-corrected chi connectivity index (χ4v) is 29.6. The standard InChI is InChI=1S/C7H5NO4.4C7H7O.Bi/c9-7(10)5-1-3-6(4-2-5)8(11)12;4*1-8-7-5-3-2-4-6-7;/h1-4H,(H,9,10);4*2-5H,1H3;/q;;;;;+1. The monoisotopic (exact) mass is 804 g/mol. The number of aromatic carboxylic acids is 1. The van der Waals surface area contributed by atoms with Crippen molar-refractivity contribution in [1.29, 1.82) is 0 Å². The Morgan fingerprint density at radius 1 is 0.533 bits per heavy atom. The summed E-state index contributed by atoms with van der Waals surface area (Å²) < 4.78 is 33.9. The van der Waals surface area contributed by atoms with E-state index >= 15 is 0 Å². The van der Waals surface area contributed by atoms with E-state index in [-0.39, 0.29) is 11.3 Å². The van der Waals surface area contributed by atoms with E-state index in [4.69, 9.17) is 21.9 Å². The molecular weight excluding hydrogens is 771 g/mol. The molecule has 0 saturated carbocycles. The van der Waals surface area contributed by atoms with Gasteiger partial charge in [0.25, 0.3) is 0 Å². The molecule has 5 aromatic rings. The van der Waals surface area contributed by atoms with E-state index in [1.54, 1.807) is 28.4 Å². The van der Waals surface area contributed by atoms with Gasteiger partial charge in [-0.05, 0) is 0 Å². The van der Waals surface area contributed by atoms with Crippen LogP contribution in [0.2, 0.25) is 0 Å². The molecule has 10 heteroatoms. The van der Waals surface area contributed by atoms with Gasteiger partial charge in [-0.3, -0.25) is 0 Å². The van der Waals surface area contributed by atoms with E-state index in [9.17, 15) is 14.8 Å². The minimum atomic E-state index is -6.50. The molecule has 230 valence electrons. The third-order valence-electron chi connectivity index (χ3n) is 7.74. The SMILES string of the molecule is COc1cccc[c]1[Bi]([O][N+](=O)c1ccc(C(=O)O)cc1)([c]1ccccc1OC)([c]1ccccc1OC)[c]1ccccc1OC. The van der Waals surface area contributed by atoms with E-state index < -0.39 is 25.2 Å². The van der Waals surface area contributed by atoms with Crippen molar-refractivity contribution in [1.82, 2.24) is 0 Å². The van der Waals surface area contributed by atoms with Crippen LogP contribution in [0.1, 0.15) is 10.4 Å². The zero-order chi connectivity index (χ0) is 32.1. The van der Waals surface area contributed by atoms with Crippen LogP contribution in [0.3, 0.4) is 0 Å². The van der Waals surface area contributed by atoms with Crippen molar-refractivity contribution in [3.8, 4) is 23.0 Å². The Hall–Kier alpha value is -4.95. The number of methoxy groups -OCH3 is 4. The number of hydrogen-bond donors (Lipinski definition) is 1. The van der Waals surface area contributed by atoms with Crippen molar-refractivity contribution < 1.29 is 36.7 Å². The molecule has 0 aliphatic carbocycles. The molecule has 0 unspecified atom stereocenters. The molecule has 0 saturated heterocycles. The Balaban J connectivity index is 2.10. The van der Waals surface area contributed by atoms with Gasteiger partial charge >= 0.3 is 264 Å². The number of hydrogen-bond acceptors (Lipinski definition) is 7. The average Bonchev–Trinajstić information content (AvgIpc) is 3.10. The Morgan fingerprint density at radius 2 is 0.844 bits per heavy atom. The van der Waals surface area contributed by atoms with Gasteiger partial charge in [0.1, 0.15) is 0 Å². The van der Waals surface area contributed by atoms with Crippen LogP contribution in [0, 0.1) is 4.91 Å². The Bertz CT molecular complexity index is 1660. The maximum absolute atomic E-state index is 14.7. The van der Waals surface area contributed by atoms with Gasteiger partial charge in [0.05, 0.1) is 0 Å². The van der Waals surface area contributed by atoms with Crippen molar-refractivity contribution in [3.05, 3.63) is 132 Å². The first-order chi connectivity index (χ1) is 21.8. The van der Waals surface area contributed by atoms with Gasteiger partial charge in [0, 0.05) is 0 Å². The van der Waals surface area contributed by atoms with Crippen LogP contribution in [-0.2, 0) is 2.91 Å². The first kappa shape index (κ1) is 31.5. The fourth-order valence-electron chi connectivity index (χ4n) is 5.80. The average molecular weight is 805 g/mol. The van der Waals surface area contributed by atoms with Crippen molar-refractivity contribution in [2.75, 3.05) is 28.4 Å². The van der Waals surface area contributed by atoms with Crippen LogP contribution in [0.15, 0.2) is 121 Å². The molecule has 9 nitrogen and oxygen atoms in total. The van der Waals surface area contributed by atoms with Crippen molar-refractivity contribution in [2.24, 2.45) is 0 Å². The van der Waals surface area contributed by atoms with Crippen LogP contribution >= 0.6 is 0 Å². The summed E-state index contributed by atoms with van der Waals surface area (Å²) in [7, 11) is 6.26. The van der Waals surface area contributed by atoms with Crippen molar-refractivity contribution in [2.45, 2.75) is 0 Å². The number of carboxylic acids is 1. The number of para-hydroxylation sites is 4. The summed E-state index contributed by atoms with van der Waals surface area (Å²) in [6.45, 7) is 0. The second-order valence-corrected chi connectivity index (χ2v) is 26.1. The predicted octanol–water partition coefficient (Wildman–Crippen LogP) is 4.29. The Labute approximate surface area is 262 Å². The third-order valence-corrected chi connectivity index (χ3v) is 29.6. The van der Waals surface area contributed by atoms with Gasteiger partial charge in [-0.1, -0.05) is 0 Å². The predicted molar refractivity (Wildman–Crippen MR) is 174 cm³/mol. The summed E-state index contributed by atoms with van der Waals surface area (Å²) in [6, 6.07) is 35.3. The van der Waals surface area contributed by atoms with Gasteiger partial charge < -0.3 is 0 Å². The number of carbonyl (C=O) groups is 1. The molecule has 0 aromatic heterocycles. The van der Waals surface area contributed by atoms with Gasteiger partial charge in [-0.25, -0.2) is 0 Å². The van der Waals surface area contributed by atoms with Crippen molar-refractivity contribution >= 4 is 44.0 Å². The number of rotatable bonds is 12. The summed E-state index contributed by atoms with van der Waals surface area (Å²) in [4.78, 5) is 26.7. The van der Waals surface area contributed by atoms with Gasteiger partial charge in [0.2, 0.25) is 0 Å². The summed E-state index contributed by atoms with van der Waals surface area (Å²) in [5, 5.41) is 9.50. The van der Waals surface area contributed by atoms with E-state index in [0.29, 0.717) is 41.0 Å². The normalized spacial score (nSPS) is 11.9. The molecule has 0 fully saturated rings. The van der Waals surface area contributed by atoms with Gasteiger partial charge in [0.15, 0.2) is 0 Å². The fraction of sp³-hybridized carbons (Fsp3) is 0.114.